The van der Waals surface area contributed by atoms with E-state index in [1.165, 1.54) is 0 Å². The van der Waals surface area contributed by atoms with Crippen LogP contribution in [0.5, 0.6) is 5.75 Å². The van der Waals surface area contributed by atoms with Crippen LogP contribution in [0.15, 0.2) is 54.6 Å². The van der Waals surface area contributed by atoms with E-state index < -0.39 is 0 Å². The van der Waals surface area contributed by atoms with E-state index in [1.54, 1.807) is 6.08 Å². The summed E-state index contributed by atoms with van der Waals surface area (Å²) in [5.41, 5.74) is 3.18. The monoisotopic (exact) mass is 320 g/mol. The molecule has 1 heterocycles. The number of carbonyl (C=O) groups is 1. The number of benzene rings is 2. The molecule has 2 N–H and O–H groups in total. The van der Waals surface area contributed by atoms with E-state index in [0.717, 1.165) is 29.6 Å². The van der Waals surface area contributed by atoms with Crippen molar-refractivity contribution in [1.29, 1.82) is 5.41 Å². The Bertz CT molecular complexity index is 808. The molecule has 0 atom stereocenters. The first-order chi connectivity index (χ1) is 11.5. The van der Waals surface area contributed by atoms with Crippen LogP contribution in [0, 0.1) is 5.41 Å². The topological polar surface area (TPSA) is 62.2 Å². The van der Waals surface area contributed by atoms with Gasteiger partial charge in [0.1, 0.15) is 5.75 Å². The molecule has 4 nitrogen and oxygen atoms in total. The van der Waals surface area contributed by atoms with Gasteiger partial charge in [0, 0.05) is 34.0 Å². The summed E-state index contributed by atoms with van der Waals surface area (Å²) in [5.74, 6) is 0.621. The number of hydrogen-bond donors (Lipinski definition) is 2. The third kappa shape index (κ3) is 3.23. The lowest BCUT2D eigenvalue weighted by Gasteiger charge is -2.36. The van der Waals surface area contributed by atoms with E-state index >= 15 is 0 Å². The number of carbonyl (C=O) groups excluding carboxylic acids is 1. The summed E-state index contributed by atoms with van der Waals surface area (Å²) in [4.78, 5) is 12.6. The molecule has 0 spiro atoms. The summed E-state index contributed by atoms with van der Waals surface area (Å²) in [6, 6.07) is 14.9. The molecule has 2 aromatic carbocycles. The molecular formula is C20H20N2O2. The fourth-order valence-corrected chi connectivity index (χ4v) is 3.02. The lowest BCUT2D eigenvalue weighted by atomic mass is 9.85. The number of fused-ring (bicyclic) bond motifs is 1. The number of hydrogen-bond acceptors (Lipinski definition) is 4. The Hall–Kier alpha value is -2.88. The Kier molecular flexibility index (Phi) is 4.21. The van der Waals surface area contributed by atoms with Crippen LogP contribution in [0.25, 0.3) is 5.70 Å². The van der Waals surface area contributed by atoms with Crippen molar-refractivity contribution in [2.45, 2.75) is 25.8 Å². The quantitative estimate of drug-likeness (QED) is 0.390. The molecule has 0 fully saturated rings. The molecule has 0 unspecified atom stereocenters. The van der Waals surface area contributed by atoms with Crippen LogP contribution in [0.3, 0.4) is 0 Å². The Balaban J connectivity index is 2.07. The van der Waals surface area contributed by atoms with Crippen molar-refractivity contribution < 1.29 is 9.53 Å². The smallest absolute Gasteiger partial charge is 0.187 e. The van der Waals surface area contributed by atoms with Gasteiger partial charge in [0.25, 0.3) is 0 Å². The van der Waals surface area contributed by atoms with Gasteiger partial charge in [0.05, 0.1) is 0 Å². The van der Waals surface area contributed by atoms with Gasteiger partial charge in [-0.25, -0.2) is 0 Å². The van der Waals surface area contributed by atoms with E-state index in [-0.39, 0.29) is 11.3 Å². The number of rotatable bonds is 4. The molecule has 0 bridgehead atoms. The lowest BCUT2D eigenvalue weighted by Crippen LogP contribution is -2.44. The number of ether oxygens (including phenoxy) is 1. The molecule has 122 valence electrons. The third-order valence-corrected chi connectivity index (χ3v) is 4.03. The highest BCUT2D eigenvalue weighted by Gasteiger charge is 2.30. The normalized spacial score (nSPS) is 16.8. The number of allylic oxidation sites excluding steroid dienone is 1. The van der Waals surface area contributed by atoms with Crippen LogP contribution in [0.2, 0.25) is 0 Å². The molecular weight excluding hydrogens is 300 g/mol. The highest BCUT2D eigenvalue weighted by atomic mass is 16.5. The average molecular weight is 320 g/mol. The molecule has 0 saturated carbocycles. The molecule has 3 rings (SSSR count). The summed E-state index contributed by atoms with van der Waals surface area (Å²) in [6.07, 6.45) is 3.33. The molecule has 0 saturated heterocycles. The van der Waals surface area contributed by atoms with E-state index in [2.05, 4.69) is 19.2 Å². The fraction of sp³-hybridized carbons (Fsp3) is 0.200. The Morgan fingerprint density at radius 3 is 2.62 bits per heavy atom. The van der Waals surface area contributed by atoms with Gasteiger partial charge in [-0.15, -0.1) is 0 Å². The zero-order valence-electron chi connectivity index (χ0n) is 13.8. The standard InChI is InChI=1S/C20H20N2O2/c1-20(2)12-16-15(9-6-10-19(16)24-13-21)17(22-20)11-18(23)14-7-4-3-5-8-14/h3-11,13,21-22H,12H2,1-2H3/b17-11-,21-13?. The van der Waals surface area contributed by atoms with Crippen LogP contribution >= 0.6 is 0 Å². The zero-order valence-corrected chi connectivity index (χ0v) is 13.8. The van der Waals surface area contributed by atoms with E-state index in [1.807, 2.05) is 48.5 Å². The van der Waals surface area contributed by atoms with Gasteiger partial charge in [0.2, 0.25) is 0 Å². The van der Waals surface area contributed by atoms with Gasteiger partial charge in [-0.2, -0.15) is 0 Å². The van der Waals surface area contributed by atoms with Crippen molar-refractivity contribution in [1.82, 2.24) is 5.32 Å². The predicted molar refractivity (Wildman–Crippen MR) is 95.5 cm³/mol. The van der Waals surface area contributed by atoms with Gasteiger partial charge >= 0.3 is 0 Å². The third-order valence-electron chi connectivity index (χ3n) is 4.03. The molecule has 0 radical (unpaired) electrons. The number of ketones is 1. The summed E-state index contributed by atoms with van der Waals surface area (Å²) >= 11 is 0. The van der Waals surface area contributed by atoms with Gasteiger partial charge in [-0.05, 0) is 26.3 Å². The Morgan fingerprint density at radius 1 is 1.17 bits per heavy atom. The molecule has 0 amide bonds. The van der Waals surface area contributed by atoms with Crippen LogP contribution in [0.1, 0.15) is 35.3 Å². The second-order valence-electron chi connectivity index (χ2n) is 6.49. The van der Waals surface area contributed by atoms with Crippen molar-refractivity contribution in [3.05, 3.63) is 71.3 Å². The van der Waals surface area contributed by atoms with Crippen LogP contribution in [-0.4, -0.2) is 17.7 Å². The SMILES string of the molecule is CC1(C)Cc2c(OC=N)cccc2/C(=C/C(=O)c2ccccc2)N1. The molecule has 0 aliphatic carbocycles. The van der Waals surface area contributed by atoms with Gasteiger partial charge < -0.3 is 10.1 Å². The van der Waals surface area contributed by atoms with Crippen LogP contribution in [-0.2, 0) is 6.42 Å². The Labute approximate surface area is 141 Å². The van der Waals surface area contributed by atoms with Gasteiger partial charge in [-0.1, -0.05) is 42.5 Å². The second kappa shape index (κ2) is 6.32. The van der Waals surface area contributed by atoms with E-state index in [9.17, 15) is 4.79 Å². The van der Waals surface area contributed by atoms with Crippen molar-refractivity contribution in [3.63, 3.8) is 0 Å². The average Bonchev–Trinajstić information content (AvgIpc) is 2.56. The minimum atomic E-state index is -0.211. The van der Waals surface area contributed by atoms with Gasteiger partial charge in [-0.3, -0.25) is 10.2 Å². The van der Waals surface area contributed by atoms with Crippen molar-refractivity contribution in [2.24, 2.45) is 0 Å². The van der Waals surface area contributed by atoms with Crippen LogP contribution < -0.4 is 10.1 Å². The van der Waals surface area contributed by atoms with Gasteiger partial charge in [0.15, 0.2) is 12.2 Å². The minimum absolute atomic E-state index is 0.0416. The first-order valence-corrected chi connectivity index (χ1v) is 7.87. The molecule has 4 heteroatoms. The number of nitrogens with one attached hydrogen (secondary N) is 2. The first-order valence-electron chi connectivity index (χ1n) is 7.87. The summed E-state index contributed by atoms with van der Waals surface area (Å²) in [5, 5.41) is 10.6. The Morgan fingerprint density at radius 2 is 1.92 bits per heavy atom. The fourth-order valence-electron chi connectivity index (χ4n) is 3.02. The largest absolute Gasteiger partial charge is 0.446 e. The molecule has 2 aromatic rings. The van der Waals surface area contributed by atoms with Crippen molar-refractivity contribution in [3.8, 4) is 5.75 Å². The summed E-state index contributed by atoms with van der Waals surface area (Å²) in [6.45, 7) is 4.16. The first kappa shape index (κ1) is 16.0. The zero-order chi connectivity index (χ0) is 17.2. The highest BCUT2D eigenvalue weighted by molar-refractivity contribution is 6.08. The van der Waals surface area contributed by atoms with Crippen molar-refractivity contribution >= 4 is 17.9 Å². The van der Waals surface area contributed by atoms with Crippen molar-refractivity contribution in [2.75, 3.05) is 0 Å². The maximum absolute atomic E-state index is 12.6. The summed E-state index contributed by atoms with van der Waals surface area (Å²) in [7, 11) is 0. The molecule has 24 heavy (non-hydrogen) atoms. The predicted octanol–water partition coefficient (Wildman–Crippen LogP) is 3.82. The second-order valence-corrected chi connectivity index (χ2v) is 6.49. The van der Waals surface area contributed by atoms with E-state index in [0.29, 0.717) is 11.3 Å². The summed E-state index contributed by atoms with van der Waals surface area (Å²) < 4.78 is 5.34. The maximum atomic E-state index is 12.6. The molecule has 1 aliphatic heterocycles. The highest BCUT2D eigenvalue weighted by Crippen LogP contribution is 2.35. The lowest BCUT2D eigenvalue weighted by molar-refractivity contribution is 0.104. The molecule has 0 aromatic heterocycles. The molecule has 1 aliphatic rings. The van der Waals surface area contributed by atoms with E-state index in [4.69, 9.17) is 10.1 Å². The maximum Gasteiger partial charge on any atom is 0.187 e. The van der Waals surface area contributed by atoms with Crippen LogP contribution in [0.4, 0.5) is 0 Å². The minimum Gasteiger partial charge on any atom is -0.446 e.